The summed E-state index contributed by atoms with van der Waals surface area (Å²) < 4.78 is 5.83. The number of aromatic nitrogens is 1. The van der Waals surface area contributed by atoms with E-state index in [-0.39, 0.29) is 22.2 Å². The molecule has 5 rings (SSSR count). The third-order valence-corrected chi connectivity index (χ3v) is 9.92. The lowest BCUT2D eigenvalue weighted by molar-refractivity contribution is -0.179. The standard InChI is InChI=1S/C28H37NO3/c1-20-16-27-13-9-22-25(2,19-32-24(30)8-7-21-6-4-15-29-17-21)11-5-12-26(22,3)23(27)10-14-28(20,31)18-27/h4,6-8,15,17,22-23,31H,1,5,9-14,16,18-19H2,2-3H3/b8-7+/t22-,23+,25-,26-,27-,28+/m0/s1. The van der Waals surface area contributed by atoms with Gasteiger partial charge in [-0.05, 0) is 97.3 Å². The second-order valence-electron chi connectivity index (χ2n) is 11.8. The highest BCUT2D eigenvalue weighted by atomic mass is 16.5. The van der Waals surface area contributed by atoms with Gasteiger partial charge in [-0.15, -0.1) is 0 Å². The maximum Gasteiger partial charge on any atom is 0.330 e. The molecule has 4 heteroatoms. The van der Waals surface area contributed by atoms with E-state index in [1.54, 1.807) is 18.5 Å². The molecular formula is C28H37NO3. The van der Waals surface area contributed by atoms with Crippen molar-refractivity contribution in [2.24, 2.45) is 28.1 Å². The van der Waals surface area contributed by atoms with Crippen LogP contribution in [0.5, 0.6) is 0 Å². The molecule has 2 bridgehead atoms. The number of fused-ring (bicyclic) bond motifs is 3. The summed E-state index contributed by atoms with van der Waals surface area (Å²) in [5.74, 6) is 0.910. The van der Waals surface area contributed by atoms with Gasteiger partial charge < -0.3 is 9.84 Å². The van der Waals surface area contributed by atoms with E-state index in [4.69, 9.17) is 4.74 Å². The van der Waals surface area contributed by atoms with Crippen LogP contribution in [0.2, 0.25) is 0 Å². The first-order valence-corrected chi connectivity index (χ1v) is 12.3. The first-order chi connectivity index (χ1) is 15.2. The normalized spacial score (nSPS) is 43.0. The Morgan fingerprint density at radius 1 is 1.25 bits per heavy atom. The summed E-state index contributed by atoms with van der Waals surface area (Å²) in [5, 5.41) is 11.1. The second-order valence-corrected chi connectivity index (χ2v) is 11.8. The van der Waals surface area contributed by atoms with Crippen LogP contribution in [0.1, 0.15) is 77.2 Å². The van der Waals surface area contributed by atoms with Crippen LogP contribution in [0.3, 0.4) is 0 Å². The van der Waals surface area contributed by atoms with E-state index in [1.165, 1.54) is 25.3 Å². The van der Waals surface area contributed by atoms with Crippen LogP contribution in [-0.2, 0) is 9.53 Å². The van der Waals surface area contributed by atoms with Crippen LogP contribution in [0.15, 0.2) is 42.8 Å². The molecule has 1 aromatic rings. The fourth-order valence-corrected chi connectivity index (χ4v) is 8.58. The highest BCUT2D eigenvalue weighted by molar-refractivity contribution is 5.86. The summed E-state index contributed by atoms with van der Waals surface area (Å²) in [6.07, 6.45) is 16.5. The molecule has 0 saturated heterocycles. The average molecular weight is 436 g/mol. The monoisotopic (exact) mass is 435 g/mol. The number of hydrogen-bond donors (Lipinski definition) is 1. The Morgan fingerprint density at radius 2 is 2.06 bits per heavy atom. The highest BCUT2D eigenvalue weighted by Crippen LogP contribution is 2.72. The van der Waals surface area contributed by atoms with Crippen molar-refractivity contribution in [1.29, 1.82) is 0 Å². The number of pyridine rings is 1. The first-order valence-electron chi connectivity index (χ1n) is 12.3. The average Bonchev–Trinajstić information content (AvgIpc) is 2.94. The van der Waals surface area contributed by atoms with Crippen LogP contribution in [-0.4, -0.2) is 28.3 Å². The molecular weight excluding hydrogens is 398 g/mol. The molecule has 4 saturated carbocycles. The van der Waals surface area contributed by atoms with Gasteiger partial charge in [0, 0.05) is 23.9 Å². The van der Waals surface area contributed by atoms with Gasteiger partial charge in [0.05, 0.1) is 12.2 Å². The SMILES string of the molecule is C=C1C[C@]23CC[C@H]4[C@](C)(COC(=O)/C=C/c5cccnc5)CCC[C@]4(C)[C@H]2CC[C@@]1(O)C3. The fraction of sp³-hybridized carbons (Fsp3) is 0.643. The van der Waals surface area contributed by atoms with Gasteiger partial charge in [0.15, 0.2) is 0 Å². The minimum Gasteiger partial charge on any atom is -0.462 e. The minimum absolute atomic E-state index is 0.00970. The Labute approximate surface area is 192 Å². The van der Waals surface area contributed by atoms with Gasteiger partial charge in [-0.2, -0.15) is 0 Å². The zero-order valence-electron chi connectivity index (χ0n) is 19.6. The van der Waals surface area contributed by atoms with Crippen molar-refractivity contribution in [2.45, 2.75) is 77.2 Å². The van der Waals surface area contributed by atoms with E-state index in [0.29, 0.717) is 18.4 Å². The molecule has 0 amide bonds. The third kappa shape index (κ3) is 3.37. The number of nitrogens with zero attached hydrogens (tertiary/aromatic N) is 1. The van der Waals surface area contributed by atoms with Crippen LogP contribution in [0.4, 0.5) is 0 Å². The maximum absolute atomic E-state index is 12.5. The summed E-state index contributed by atoms with van der Waals surface area (Å²) >= 11 is 0. The fourth-order valence-electron chi connectivity index (χ4n) is 8.58. The highest BCUT2D eigenvalue weighted by Gasteiger charge is 2.66. The predicted octanol–water partition coefficient (Wildman–Crippen LogP) is 5.72. The minimum atomic E-state index is -0.617. The summed E-state index contributed by atoms with van der Waals surface area (Å²) in [5.41, 5.74) is 1.85. The van der Waals surface area contributed by atoms with E-state index in [9.17, 15) is 9.90 Å². The molecule has 6 atom stereocenters. The predicted molar refractivity (Wildman–Crippen MR) is 125 cm³/mol. The van der Waals surface area contributed by atoms with Gasteiger partial charge in [-0.1, -0.05) is 32.9 Å². The van der Waals surface area contributed by atoms with E-state index < -0.39 is 5.60 Å². The molecule has 32 heavy (non-hydrogen) atoms. The van der Waals surface area contributed by atoms with Crippen LogP contribution in [0, 0.1) is 28.1 Å². The third-order valence-electron chi connectivity index (χ3n) is 9.92. The van der Waals surface area contributed by atoms with Gasteiger partial charge >= 0.3 is 5.97 Å². The number of ether oxygens (including phenoxy) is 1. The topological polar surface area (TPSA) is 59.4 Å². The Morgan fingerprint density at radius 3 is 2.84 bits per heavy atom. The quantitative estimate of drug-likeness (QED) is 0.373. The van der Waals surface area contributed by atoms with Gasteiger partial charge in [0.2, 0.25) is 0 Å². The Bertz CT molecular complexity index is 941. The number of carbonyl (C=O) groups excluding carboxylic acids is 1. The first kappa shape index (κ1) is 21.9. The molecule has 4 nitrogen and oxygen atoms in total. The summed E-state index contributed by atoms with van der Waals surface area (Å²) in [6.45, 7) is 9.62. The van der Waals surface area contributed by atoms with E-state index in [1.807, 2.05) is 12.1 Å². The van der Waals surface area contributed by atoms with Gasteiger partial charge in [-0.25, -0.2) is 4.79 Å². The van der Waals surface area contributed by atoms with Gasteiger partial charge in [0.1, 0.15) is 0 Å². The molecule has 1 spiro atoms. The van der Waals surface area contributed by atoms with Crippen molar-refractivity contribution in [3.05, 3.63) is 48.3 Å². The summed E-state index contributed by atoms with van der Waals surface area (Å²) in [7, 11) is 0. The molecule has 0 aromatic carbocycles. The van der Waals surface area contributed by atoms with Crippen LogP contribution >= 0.6 is 0 Å². The zero-order chi connectivity index (χ0) is 22.6. The molecule has 0 unspecified atom stereocenters. The molecule has 1 N–H and O–H groups in total. The van der Waals surface area contributed by atoms with E-state index >= 15 is 0 Å². The van der Waals surface area contributed by atoms with Crippen LogP contribution < -0.4 is 0 Å². The van der Waals surface area contributed by atoms with Crippen molar-refractivity contribution in [3.8, 4) is 0 Å². The molecule has 0 aliphatic heterocycles. The van der Waals surface area contributed by atoms with Crippen molar-refractivity contribution in [3.63, 3.8) is 0 Å². The largest absolute Gasteiger partial charge is 0.462 e. The summed E-state index contributed by atoms with van der Waals surface area (Å²) in [4.78, 5) is 16.6. The Balaban J connectivity index is 1.31. The van der Waals surface area contributed by atoms with Crippen molar-refractivity contribution in [1.82, 2.24) is 4.98 Å². The molecule has 4 aliphatic carbocycles. The molecule has 4 fully saturated rings. The molecule has 1 heterocycles. The summed E-state index contributed by atoms with van der Waals surface area (Å²) in [6, 6.07) is 3.78. The van der Waals surface area contributed by atoms with Crippen molar-refractivity contribution in [2.75, 3.05) is 6.61 Å². The van der Waals surface area contributed by atoms with Crippen molar-refractivity contribution >= 4 is 12.0 Å². The molecule has 0 radical (unpaired) electrons. The van der Waals surface area contributed by atoms with E-state index in [0.717, 1.165) is 49.7 Å². The Hall–Kier alpha value is -1.94. The number of esters is 1. The number of carbonyl (C=O) groups is 1. The zero-order valence-corrected chi connectivity index (χ0v) is 19.6. The lowest BCUT2D eigenvalue weighted by Crippen LogP contribution is -2.58. The molecule has 172 valence electrons. The van der Waals surface area contributed by atoms with Gasteiger partial charge in [-0.3, -0.25) is 4.98 Å². The Kier molecular flexibility index (Phi) is 5.16. The lowest BCUT2D eigenvalue weighted by Gasteiger charge is -2.64. The smallest absolute Gasteiger partial charge is 0.330 e. The van der Waals surface area contributed by atoms with Crippen LogP contribution in [0.25, 0.3) is 6.08 Å². The molecule has 1 aromatic heterocycles. The molecule has 4 aliphatic rings. The number of rotatable bonds is 4. The van der Waals surface area contributed by atoms with Gasteiger partial charge in [0.25, 0.3) is 0 Å². The van der Waals surface area contributed by atoms with E-state index in [2.05, 4.69) is 25.4 Å². The second kappa shape index (κ2) is 7.55. The lowest BCUT2D eigenvalue weighted by atomic mass is 9.41. The maximum atomic E-state index is 12.5. The van der Waals surface area contributed by atoms with Crippen molar-refractivity contribution < 1.29 is 14.6 Å². The number of hydrogen-bond acceptors (Lipinski definition) is 4. The number of aliphatic hydroxyl groups is 1.